The Bertz CT molecular complexity index is 653. The molecule has 1 aliphatic carbocycles. The zero-order chi connectivity index (χ0) is 17.6. The van der Waals surface area contributed by atoms with Gasteiger partial charge in [-0.2, -0.15) is 5.26 Å². The Kier molecular flexibility index (Phi) is 5.80. The minimum Gasteiger partial charge on any atom is -0.490 e. The predicted molar refractivity (Wildman–Crippen MR) is 94.5 cm³/mol. The van der Waals surface area contributed by atoms with Gasteiger partial charge in [0.25, 0.3) is 5.91 Å². The highest BCUT2D eigenvalue weighted by Gasteiger charge is 2.32. The molecule has 0 spiro atoms. The van der Waals surface area contributed by atoms with Gasteiger partial charge >= 0.3 is 0 Å². The van der Waals surface area contributed by atoms with Gasteiger partial charge in [-0.1, -0.05) is 19.3 Å². The minimum atomic E-state index is 0.0172. The number of nitrogens with zero attached hydrogens (tertiary/aromatic N) is 2. The number of ether oxygens (including phenoxy) is 2. The maximum Gasteiger partial charge on any atom is 0.260 e. The van der Waals surface area contributed by atoms with Crippen molar-refractivity contribution >= 4 is 5.91 Å². The third-order valence-electron chi connectivity index (χ3n) is 5.37. The van der Waals surface area contributed by atoms with Crippen LogP contribution in [-0.4, -0.2) is 37.1 Å². The number of fused-ring (bicyclic) bond motifs is 1. The van der Waals surface area contributed by atoms with Gasteiger partial charge in [-0.3, -0.25) is 4.79 Å². The van der Waals surface area contributed by atoms with Gasteiger partial charge in [-0.25, -0.2) is 0 Å². The average molecular weight is 342 g/mol. The molecule has 1 aromatic carbocycles. The number of hydrogen-bond acceptors (Lipinski definition) is 4. The topological polar surface area (TPSA) is 62.6 Å². The van der Waals surface area contributed by atoms with Crippen molar-refractivity contribution in [3.05, 3.63) is 23.8 Å². The van der Waals surface area contributed by atoms with E-state index in [2.05, 4.69) is 6.07 Å². The molecule has 0 N–H and O–H groups in total. The lowest BCUT2D eigenvalue weighted by Crippen LogP contribution is -2.46. The lowest BCUT2D eigenvalue weighted by atomic mass is 9.75. The van der Waals surface area contributed by atoms with Gasteiger partial charge in [-0.05, 0) is 43.7 Å². The van der Waals surface area contributed by atoms with E-state index in [1.807, 2.05) is 11.8 Å². The first-order valence-corrected chi connectivity index (χ1v) is 9.28. The molecule has 1 aliphatic heterocycles. The average Bonchev–Trinajstić information content (AvgIpc) is 2.66. The summed E-state index contributed by atoms with van der Waals surface area (Å²) in [4.78, 5) is 14.5. The number of hydrogen-bond donors (Lipinski definition) is 0. The molecule has 0 radical (unpaired) electrons. The van der Waals surface area contributed by atoms with Gasteiger partial charge in [0.1, 0.15) is 0 Å². The van der Waals surface area contributed by atoms with Crippen LogP contribution in [0.25, 0.3) is 0 Å². The SMILES string of the molecule is CCOc1cc(C#N)ccc1OCC(=O)N1CC[C@@H]2CCCC[C@@H]2C1. The number of carbonyl (C=O) groups is 1. The van der Waals surface area contributed by atoms with Crippen LogP contribution in [0.1, 0.15) is 44.6 Å². The molecule has 0 bridgehead atoms. The number of piperidine rings is 1. The summed E-state index contributed by atoms with van der Waals surface area (Å²) in [5.41, 5.74) is 0.515. The van der Waals surface area contributed by atoms with Gasteiger partial charge in [0.05, 0.1) is 18.2 Å². The van der Waals surface area contributed by atoms with Crippen molar-refractivity contribution in [1.82, 2.24) is 4.90 Å². The zero-order valence-electron chi connectivity index (χ0n) is 14.9. The van der Waals surface area contributed by atoms with Crippen molar-refractivity contribution in [2.24, 2.45) is 11.8 Å². The molecule has 2 atom stereocenters. The molecule has 1 amide bonds. The van der Waals surface area contributed by atoms with Crippen LogP contribution in [0.2, 0.25) is 0 Å². The maximum absolute atomic E-state index is 12.5. The zero-order valence-corrected chi connectivity index (χ0v) is 14.9. The van der Waals surface area contributed by atoms with Crippen LogP contribution in [-0.2, 0) is 4.79 Å². The smallest absolute Gasteiger partial charge is 0.260 e. The minimum absolute atomic E-state index is 0.0172. The molecule has 1 aromatic rings. The molecule has 3 rings (SSSR count). The molecule has 1 saturated heterocycles. The van der Waals surface area contributed by atoms with E-state index in [1.165, 1.54) is 25.7 Å². The highest BCUT2D eigenvalue weighted by molar-refractivity contribution is 5.78. The van der Waals surface area contributed by atoms with Gasteiger partial charge in [0, 0.05) is 19.2 Å². The van der Waals surface area contributed by atoms with Crippen LogP contribution in [0.15, 0.2) is 18.2 Å². The lowest BCUT2D eigenvalue weighted by Gasteiger charge is -2.41. The van der Waals surface area contributed by atoms with Crippen molar-refractivity contribution in [3.63, 3.8) is 0 Å². The summed E-state index contributed by atoms with van der Waals surface area (Å²) < 4.78 is 11.2. The van der Waals surface area contributed by atoms with Gasteiger partial charge in [0.2, 0.25) is 0 Å². The summed E-state index contributed by atoms with van der Waals surface area (Å²) in [5.74, 6) is 2.54. The van der Waals surface area contributed by atoms with Gasteiger partial charge < -0.3 is 14.4 Å². The van der Waals surface area contributed by atoms with Crippen LogP contribution >= 0.6 is 0 Å². The monoisotopic (exact) mass is 342 g/mol. The first kappa shape index (κ1) is 17.6. The maximum atomic E-state index is 12.5. The number of nitriles is 1. The molecule has 2 fully saturated rings. The first-order valence-electron chi connectivity index (χ1n) is 9.28. The van der Waals surface area contributed by atoms with Crippen molar-refractivity contribution in [3.8, 4) is 17.6 Å². The fourth-order valence-electron chi connectivity index (χ4n) is 4.02. The molecular formula is C20H26N2O3. The Morgan fingerprint density at radius 3 is 2.76 bits per heavy atom. The quantitative estimate of drug-likeness (QED) is 0.823. The summed E-state index contributed by atoms with van der Waals surface area (Å²) in [7, 11) is 0. The Labute approximate surface area is 149 Å². The molecule has 0 unspecified atom stereocenters. The summed E-state index contributed by atoms with van der Waals surface area (Å²) in [6.07, 6.45) is 6.34. The summed E-state index contributed by atoms with van der Waals surface area (Å²) >= 11 is 0. The first-order chi connectivity index (χ1) is 12.2. The number of amides is 1. The Balaban J connectivity index is 1.58. The standard InChI is InChI=1S/C20H26N2O3/c1-2-24-19-11-15(12-21)7-8-18(19)25-14-20(23)22-10-9-16-5-3-4-6-17(16)13-22/h7-8,11,16-17H,2-6,9-10,13-14H2,1H3/t16-,17+/m0/s1. The molecule has 0 aromatic heterocycles. The van der Waals surface area contributed by atoms with E-state index in [0.717, 1.165) is 25.4 Å². The van der Waals surface area contributed by atoms with Crippen LogP contribution in [0, 0.1) is 23.2 Å². The molecular weight excluding hydrogens is 316 g/mol. The molecule has 25 heavy (non-hydrogen) atoms. The fourth-order valence-corrected chi connectivity index (χ4v) is 4.02. The molecule has 1 saturated carbocycles. The van der Waals surface area contributed by atoms with Crippen LogP contribution in [0.5, 0.6) is 11.5 Å². The second kappa shape index (κ2) is 8.24. The summed E-state index contributed by atoms with van der Waals surface area (Å²) in [6.45, 7) is 4.09. The van der Waals surface area contributed by atoms with E-state index in [1.54, 1.807) is 18.2 Å². The number of benzene rings is 1. The molecule has 1 heterocycles. The van der Waals surface area contributed by atoms with Crippen LogP contribution in [0.3, 0.4) is 0 Å². The highest BCUT2D eigenvalue weighted by atomic mass is 16.5. The highest BCUT2D eigenvalue weighted by Crippen LogP contribution is 2.36. The Morgan fingerprint density at radius 2 is 2.00 bits per heavy atom. The van der Waals surface area contributed by atoms with E-state index in [0.29, 0.717) is 29.6 Å². The van der Waals surface area contributed by atoms with Crippen molar-refractivity contribution in [2.45, 2.75) is 39.0 Å². The number of carbonyl (C=O) groups excluding carboxylic acids is 1. The van der Waals surface area contributed by atoms with Crippen molar-refractivity contribution in [1.29, 1.82) is 5.26 Å². The molecule has 2 aliphatic rings. The number of likely N-dealkylation sites (tertiary alicyclic amines) is 1. The number of rotatable bonds is 5. The van der Waals surface area contributed by atoms with E-state index in [-0.39, 0.29) is 12.5 Å². The Morgan fingerprint density at radius 1 is 1.20 bits per heavy atom. The Hall–Kier alpha value is -2.22. The normalized spacial score (nSPS) is 22.6. The van der Waals surface area contributed by atoms with E-state index in [4.69, 9.17) is 14.7 Å². The van der Waals surface area contributed by atoms with Crippen molar-refractivity contribution in [2.75, 3.05) is 26.3 Å². The summed E-state index contributed by atoms with van der Waals surface area (Å²) in [5, 5.41) is 9.00. The van der Waals surface area contributed by atoms with E-state index < -0.39 is 0 Å². The second-order valence-corrected chi connectivity index (χ2v) is 6.93. The van der Waals surface area contributed by atoms with Gasteiger partial charge in [-0.15, -0.1) is 0 Å². The molecule has 134 valence electrons. The predicted octanol–water partition coefficient (Wildman–Crippen LogP) is 3.37. The summed E-state index contributed by atoms with van der Waals surface area (Å²) in [6, 6.07) is 7.11. The lowest BCUT2D eigenvalue weighted by molar-refractivity contribution is -0.136. The molecule has 5 nitrogen and oxygen atoms in total. The largest absolute Gasteiger partial charge is 0.490 e. The fraction of sp³-hybridized carbons (Fsp3) is 0.600. The van der Waals surface area contributed by atoms with E-state index >= 15 is 0 Å². The van der Waals surface area contributed by atoms with E-state index in [9.17, 15) is 4.79 Å². The van der Waals surface area contributed by atoms with Crippen molar-refractivity contribution < 1.29 is 14.3 Å². The molecule has 5 heteroatoms. The second-order valence-electron chi connectivity index (χ2n) is 6.93. The van der Waals surface area contributed by atoms with Gasteiger partial charge in [0.15, 0.2) is 18.1 Å². The third-order valence-corrected chi connectivity index (χ3v) is 5.37. The third kappa shape index (κ3) is 4.25. The van der Waals surface area contributed by atoms with Crippen LogP contribution in [0.4, 0.5) is 0 Å². The van der Waals surface area contributed by atoms with Crippen LogP contribution < -0.4 is 9.47 Å².